The summed E-state index contributed by atoms with van der Waals surface area (Å²) in [6.07, 6.45) is -0.0896. The Morgan fingerprint density at radius 1 is 1.48 bits per heavy atom. The second kappa shape index (κ2) is 6.18. The van der Waals surface area contributed by atoms with Gasteiger partial charge in [-0.25, -0.2) is 0 Å². The van der Waals surface area contributed by atoms with Crippen LogP contribution < -0.4 is 0 Å². The van der Waals surface area contributed by atoms with Gasteiger partial charge in [0.15, 0.2) is 13.2 Å². The van der Waals surface area contributed by atoms with E-state index in [-0.39, 0.29) is 5.04 Å². The Hall–Kier alpha value is -0.103. The Bertz CT molecular complexity index is 390. The monoisotopic (exact) mass is 336 g/mol. The highest BCUT2D eigenvalue weighted by Crippen LogP contribution is 2.45. The third kappa shape index (κ3) is 3.81. The van der Waals surface area contributed by atoms with Crippen molar-refractivity contribution in [2.24, 2.45) is 5.92 Å². The first-order valence-electron chi connectivity index (χ1n) is 7.60. The third-order valence-corrected chi connectivity index (χ3v) is 9.60. The van der Waals surface area contributed by atoms with E-state index < -0.39 is 37.5 Å². The minimum Gasteiger partial charge on any atom is -0.435 e. The molecule has 6 heteroatoms. The van der Waals surface area contributed by atoms with Crippen LogP contribution in [0.1, 0.15) is 47.5 Å². The highest BCUT2D eigenvalue weighted by atomic mass is 35.5. The Kier molecular flexibility index (Phi) is 5.58. The molecule has 0 aromatic rings. The molecule has 1 heterocycles. The van der Waals surface area contributed by atoms with Gasteiger partial charge in [0, 0.05) is 0 Å². The largest absolute Gasteiger partial charge is 0.435 e. The van der Waals surface area contributed by atoms with Crippen LogP contribution >= 0.6 is 11.6 Å². The highest BCUT2D eigenvalue weighted by molar-refractivity contribution is 6.74. The van der Waals surface area contributed by atoms with Crippen LogP contribution in [0.3, 0.4) is 0 Å². The van der Waals surface area contributed by atoms with Crippen molar-refractivity contribution in [2.45, 2.75) is 82.9 Å². The molecule has 4 atom stereocenters. The maximum Gasteiger partial charge on any atom is 0.329 e. The van der Waals surface area contributed by atoms with Gasteiger partial charge in [-0.3, -0.25) is 4.79 Å². The smallest absolute Gasteiger partial charge is 0.329 e. The van der Waals surface area contributed by atoms with Gasteiger partial charge >= 0.3 is 5.97 Å². The first kappa shape index (κ1) is 18.9. The summed E-state index contributed by atoms with van der Waals surface area (Å²) in [5.41, 5.74) is 0. The normalized spacial score (nSPS) is 32.1. The molecule has 0 amide bonds. The van der Waals surface area contributed by atoms with Crippen molar-refractivity contribution >= 4 is 25.9 Å². The predicted molar refractivity (Wildman–Crippen MR) is 86.8 cm³/mol. The number of rotatable bonds is 5. The molecule has 0 aromatic carbocycles. The van der Waals surface area contributed by atoms with Gasteiger partial charge < -0.3 is 14.3 Å². The Labute approximate surface area is 134 Å². The van der Waals surface area contributed by atoms with Crippen LogP contribution in [0.4, 0.5) is 0 Å². The molecule has 124 valence electrons. The summed E-state index contributed by atoms with van der Waals surface area (Å²) < 4.78 is 11.6. The first-order chi connectivity index (χ1) is 9.34. The van der Waals surface area contributed by atoms with Crippen molar-refractivity contribution in [1.29, 1.82) is 0 Å². The van der Waals surface area contributed by atoms with Gasteiger partial charge in [0.2, 0.25) is 6.29 Å². The van der Waals surface area contributed by atoms with Crippen molar-refractivity contribution in [1.82, 2.24) is 0 Å². The number of hydrogen-bond acceptors (Lipinski definition) is 4. The molecule has 1 aliphatic heterocycles. The number of aliphatic hydroxyl groups excluding tert-OH is 1. The first-order valence-corrected chi connectivity index (χ1v) is 10.9. The molecule has 1 fully saturated rings. The molecule has 1 saturated heterocycles. The van der Waals surface area contributed by atoms with E-state index in [1.165, 1.54) is 0 Å². The fourth-order valence-corrected chi connectivity index (χ4v) is 3.69. The van der Waals surface area contributed by atoms with Gasteiger partial charge in [-0.1, -0.05) is 34.1 Å². The van der Waals surface area contributed by atoms with E-state index in [1.807, 2.05) is 6.92 Å². The van der Waals surface area contributed by atoms with Crippen molar-refractivity contribution in [3.63, 3.8) is 0 Å². The SMILES string of the molecule is CCCC(O)C1C(O[Si](C)(C)C(C)(C)C)OC(=O)C1(C)Cl. The average Bonchev–Trinajstić information content (AvgIpc) is 2.47. The summed E-state index contributed by atoms with van der Waals surface area (Å²) in [5, 5.41) is 10.4. The molecule has 4 unspecified atom stereocenters. The van der Waals surface area contributed by atoms with Crippen molar-refractivity contribution in [3.05, 3.63) is 0 Å². The van der Waals surface area contributed by atoms with Crippen LogP contribution in [0.2, 0.25) is 18.1 Å². The molecule has 0 saturated carbocycles. The molecule has 1 rings (SSSR count). The molecule has 0 bridgehead atoms. The maximum absolute atomic E-state index is 12.0. The van der Waals surface area contributed by atoms with Gasteiger partial charge in [-0.05, 0) is 31.5 Å². The Morgan fingerprint density at radius 2 is 2.00 bits per heavy atom. The van der Waals surface area contributed by atoms with Crippen LogP contribution in [-0.4, -0.2) is 36.7 Å². The number of hydrogen-bond donors (Lipinski definition) is 1. The number of halogens is 1. The fraction of sp³-hybridized carbons (Fsp3) is 0.933. The zero-order valence-corrected chi connectivity index (χ0v) is 16.0. The highest BCUT2D eigenvalue weighted by Gasteiger charge is 2.58. The molecular formula is C15H29ClO4Si. The molecule has 0 aliphatic carbocycles. The van der Waals surface area contributed by atoms with E-state index in [0.717, 1.165) is 6.42 Å². The van der Waals surface area contributed by atoms with E-state index in [9.17, 15) is 9.90 Å². The van der Waals surface area contributed by atoms with Crippen LogP contribution in [0, 0.1) is 5.92 Å². The van der Waals surface area contributed by atoms with Crippen LogP contribution in [-0.2, 0) is 14.0 Å². The second-order valence-electron chi connectivity index (χ2n) is 7.61. The summed E-state index contributed by atoms with van der Waals surface area (Å²) in [6, 6.07) is 0. The number of carbonyl (C=O) groups is 1. The summed E-state index contributed by atoms with van der Waals surface area (Å²) >= 11 is 6.35. The molecule has 1 N–H and O–H groups in total. The Balaban J connectivity index is 3.02. The molecule has 4 nitrogen and oxygen atoms in total. The number of esters is 1. The van der Waals surface area contributed by atoms with Gasteiger partial charge in [0.1, 0.15) is 0 Å². The summed E-state index contributed by atoms with van der Waals surface area (Å²) in [4.78, 5) is 10.8. The lowest BCUT2D eigenvalue weighted by Gasteiger charge is -2.40. The second-order valence-corrected chi connectivity index (χ2v) is 13.2. The van der Waals surface area contributed by atoms with Gasteiger partial charge in [0.05, 0.1) is 12.0 Å². The number of ether oxygens (including phenoxy) is 1. The topological polar surface area (TPSA) is 55.8 Å². The fourth-order valence-electron chi connectivity index (χ4n) is 2.27. The maximum atomic E-state index is 12.0. The molecule has 21 heavy (non-hydrogen) atoms. The van der Waals surface area contributed by atoms with Crippen LogP contribution in [0.15, 0.2) is 0 Å². The lowest BCUT2D eigenvalue weighted by molar-refractivity contribution is -0.156. The van der Waals surface area contributed by atoms with Crippen molar-refractivity contribution < 1.29 is 19.1 Å². The van der Waals surface area contributed by atoms with Crippen LogP contribution in [0.5, 0.6) is 0 Å². The zero-order chi connectivity index (χ0) is 16.6. The van der Waals surface area contributed by atoms with Gasteiger partial charge in [-0.15, -0.1) is 11.6 Å². The third-order valence-electron chi connectivity index (χ3n) is 4.76. The van der Waals surface area contributed by atoms with E-state index in [1.54, 1.807) is 6.92 Å². The van der Waals surface area contributed by atoms with Gasteiger partial charge in [0.25, 0.3) is 0 Å². The quantitative estimate of drug-likeness (QED) is 0.473. The standard InChI is InChI=1S/C15H29ClO4Si/c1-8-9-10(17)11-12(19-13(18)15(11,5)16)20-21(6,7)14(2,3)4/h10-12,17H,8-9H2,1-7H3. The van der Waals surface area contributed by atoms with E-state index in [2.05, 4.69) is 33.9 Å². The summed E-state index contributed by atoms with van der Waals surface area (Å²) in [7, 11) is -2.12. The number of cyclic esters (lactones) is 1. The number of alkyl halides is 1. The van der Waals surface area contributed by atoms with Crippen molar-refractivity contribution in [2.75, 3.05) is 0 Å². The van der Waals surface area contributed by atoms with Crippen LogP contribution in [0.25, 0.3) is 0 Å². The van der Waals surface area contributed by atoms with Crippen molar-refractivity contribution in [3.8, 4) is 0 Å². The molecule has 0 radical (unpaired) electrons. The minimum absolute atomic E-state index is 0.00896. The van der Waals surface area contributed by atoms with Gasteiger partial charge in [-0.2, -0.15) is 0 Å². The number of aliphatic hydroxyl groups is 1. The lowest BCUT2D eigenvalue weighted by atomic mass is 9.87. The molecule has 0 aromatic heterocycles. The van der Waals surface area contributed by atoms with E-state index in [4.69, 9.17) is 20.8 Å². The summed E-state index contributed by atoms with van der Waals surface area (Å²) in [6.45, 7) is 14.1. The average molecular weight is 337 g/mol. The zero-order valence-electron chi connectivity index (χ0n) is 14.2. The molecular weight excluding hydrogens is 308 g/mol. The minimum atomic E-state index is -2.12. The molecule has 0 spiro atoms. The Morgan fingerprint density at radius 3 is 2.43 bits per heavy atom. The summed E-state index contributed by atoms with van der Waals surface area (Å²) in [5.74, 6) is -1.05. The molecule has 1 aliphatic rings. The lowest BCUT2D eigenvalue weighted by Crippen LogP contribution is -2.49. The number of carbonyl (C=O) groups excluding carboxylic acids is 1. The van der Waals surface area contributed by atoms with E-state index in [0.29, 0.717) is 6.42 Å². The van der Waals surface area contributed by atoms with E-state index >= 15 is 0 Å². The predicted octanol–water partition coefficient (Wildman–Crippen LogP) is 3.67.